The Hall–Kier alpha value is -1.83. The molecule has 1 unspecified atom stereocenters. The fourth-order valence-corrected chi connectivity index (χ4v) is 2.74. The molecule has 0 amide bonds. The Morgan fingerprint density at radius 3 is 2.89 bits per heavy atom. The highest BCUT2D eigenvalue weighted by Gasteiger charge is 2.17. The molecule has 0 fully saturated rings. The molecular formula is C16H18N2. The number of hydrogen-bond acceptors (Lipinski definition) is 1. The lowest BCUT2D eigenvalue weighted by Crippen LogP contribution is -2.02. The van der Waals surface area contributed by atoms with Crippen molar-refractivity contribution in [1.29, 1.82) is 0 Å². The summed E-state index contributed by atoms with van der Waals surface area (Å²) in [4.78, 5) is 7.61. The van der Waals surface area contributed by atoms with Crippen molar-refractivity contribution in [3.63, 3.8) is 0 Å². The summed E-state index contributed by atoms with van der Waals surface area (Å²) in [7, 11) is 0. The minimum atomic E-state index is 0.317. The Bertz CT molecular complexity index is 552. The van der Waals surface area contributed by atoms with Crippen LogP contribution in [0.2, 0.25) is 0 Å². The molecule has 0 aliphatic heterocycles. The zero-order valence-electron chi connectivity index (χ0n) is 10.7. The van der Waals surface area contributed by atoms with Crippen molar-refractivity contribution in [2.75, 3.05) is 0 Å². The van der Waals surface area contributed by atoms with Crippen LogP contribution in [0.4, 0.5) is 0 Å². The van der Waals surface area contributed by atoms with E-state index in [0.717, 1.165) is 5.82 Å². The number of rotatable bonds is 3. The van der Waals surface area contributed by atoms with Crippen molar-refractivity contribution in [3.05, 3.63) is 59.7 Å². The van der Waals surface area contributed by atoms with Crippen molar-refractivity contribution in [2.45, 2.75) is 32.1 Å². The molecule has 2 heteroatoms. The summed E-state index contributed by atoms with van der Waals surface area (Å²) in [6, 6.07) is 8.72. The fraction of sp³-hybridized carbons (Fsp3) is 0.312. The van der Waals surface area contributed by atoms with Crippen LogP contribution in [-0.4, -0.2) is 9.97 Å². The number of nitrogens with one attached hydrogen (secondary N) is 1. The second kappa shape index (κ2) is 4.81. The van der Waals surface area contributed by atoms with Gasteiger partial charge in [0.2, 0.25) is 0 Å². The summed E-state index contributed by atoms with van der Waals surface area (Å²) in [5, 5.41) is 0. The number of allylic oxidation sites excluding steroid dienone is 2. The quantitative estimate of drug-likeness (QED) is 0.855. The first-order chi connectivity index (χ1) is 8.86. The van der Waals surface area contributed by atoms with E-state index in [2.05, 4.69) is 47.2 Å². The van der Waals surface area contributed by atoms with E-state index in [1.54, 1.807) is 0 Å². The van der Waals surface area contributed by atoms with Gasteiger partial charge in [0.15, 0.2) is 0 Å². The molecule has 0 radical (unpaired) electrons. The maximum Gasteiger partial charge on any atom is 0.113 e. The van der Waals surface area contributed by atoms with E-state index in [4.69, 9.17) is 0 Å². The van der Waals surface area contributed by atoms with Gasteiger partial charge in [-0.05, 0) is 36.0 Å². The van der Waals surface area contributed by atoms with Crippen LogP contribution in [-0.2, 0) is 0 Å². The Balaban J connectivity index is 2.01. The molecule has 18 heavy (non-hydrogen) atoms. The van der Waals surface area contributed by atoms with Gasteiger partial charge in [0.1, 0.15) is 5.82 Å². The molecule has 92 valence electrons. The molecule has 1 heterocycles. The van der Waals surface area contributed by atoms with E-state index in [1.165, 1.54) is 36.0 Å². The van der Waals surface area contributed by atoms with Crippen molar-refractivity contribution in [1.82, 2.24) is 9.97 Å². The van der Waals surface area contributed by atoms with Gasteiger partial charge in [0.25, 0.3) is 0 Å². The monoisotopic (exact) mass is 238 g/mol. The van der Waals surface area contributed by atoms with Crippen LogP contribution >= 0.6 is 0 Å². The number of H-pyrrole nitrogens is 1. The van der Waals surface area contributed by atoms with Crippen molar-refractivity contribution >= 4 is 5.57 Å². The van der Waals surface area contributed by atoms with Gasteiger partial charge in [-0.15, -0.1) is 0 Å². The second-order valence-corrected chi connectivity index (χ2v) is 4.90. The summed E-state index contributed by atoms with van der Waals surface area (Å²) in [5.41, 5.74) is 4.28. The Morgan fingerprint density at radius 1 is 1.28 bits per heavy atom. The predicted octanol–water partition coefficient (Wildman–Crippen LogP) is 4.13. The van der Waals surface area contributed by atoms with Crippen LogP contribution in [0.25, 0.3) is 5.57 Å². The number of hydrogen-bond donors (Lipinski definition) is 1. The van der Waals surface area contributed by atoms with Crippen molar-refractivity contribution in [2.24, 2.45) is 0 Å². The second-order valence-electron chi connectivity index (χ2n) is 4.90. The van der Waals surface area contributed by atoms with Crippen molar-refractivity contribution < 1.29 is 0 Å². The van der Waals surface area contributed by atoms with Crippen LogP contribution in [0.5, 0.6) is 0 Å². The van der Waals surface area contributed by atoms with E-state index < -0.39 is 0 Å². The number of nitrogens with zero attached hydrogens (tertiary/aromatic N) is 1. The molecule has 1 atom stereocenters. The average molecular weight is 238 g/mol. The topological polar surface area (TPSA) is 28.7 Å². The summed E-state index contributed by atoms with van der Waals surface area (Å²) in [6.45, 7) is 2.22. The molecule has 1 N–H and O–H groups in total. The van der Waals surface area contributed by atoms with E-state index in [0.29, 0.717) is 5.92 Å². The first-order valence-electron chi connectivity index (χ1n) is 6.64. The maximum atomic E-state index is 4.39. The first kappa shape index (κ1) is 11.3. The summed E-state index contributed by atoms with van der Waals surface area (Å²) >= 11 is 0. The van der Waals surface area contributed by atoms with Gasteiger partial charge in [-0.25, -0.2) is 4.98 Å². The van der Waals surface area contributed by atoms with Crippen molar-refractivity contribution in [3.8, 4) is 0 Å². The maximum absolute atomic E-state index is 4.39. The van der Waals surface area contributed by atoms with E-state index >= 15 is 0 Å². The largest absolute Gasteiger partial charge is 0.348 e. The number of aromatic amines is 1. The zero-order chi connectivity index (χ0) is 12.4. The molecule has 0 spiro atoms. The SMILES string of the molecule is CC(c1ncc[nH]1)c1ccccc1C1=CCCC1. The predicted molar refractivity (Wildman–Crippen MR) is 74.4 cm³/mol. The summed E-state index contributed by atoms with van der Waals surface area (Å²) in [6.07, 6.45) is 9.82. The van der Waals surface area contributed by atoms with Crippen LogP contribution in [0.15, 0.2) is 42.7 Å². The molecule has 2 aromatic rings. The molecular weight excluding hydrogens is 220 g/mol. The minimum Gasteiger partial charge on any atom is -0.348 e. The zero-order valence-corrected chi connectivity index (χ0v) is 10.7. The standard InChI is InChI=1S/C16H18N2/c1-12(16-17-10-11-18-16)14-8-4-5-9-15(14)13-6-2-3-7-13/h4-6,8-12H,2-3,7H2,1H3,(H,17,18). The van der Waals surface area contributed by atoms with Gasteiger partial charge in [-0.1, -0.05) is 37.3 Å². The van der Waals surface area contributed by atoms with Gasteiger partial charge in [0.05, 0.1) is 0 Å². The average Bonchev–Trinajstić information content (AvgIpc) is 3.11. The lowest BCUT2D eigenvalue weighted by molar-refractivity contribution is 0.835. The molecule has 1 aliphatic rings. The molecule has 0 bridgehead atoms. The number of benzene rings is 1. The highest BCUT2D eigenvalue weighted by molar-refractivity contribution is 5.70. The first-order valence-corrected chi connectivity index (χ1v) is 6.64. The number of aromatic nitrogens is 2. The third-order valence-electron chi connectivity index (χ3n) is 3.74. The van der Waals surface area contributed by atoms with Gasteiger partial charge in [-0.3, -0.25) is 0 Å². The molecule has 1 aliphatic carbocycles. The van der Waals surface area contributed by atoms with Gasteiger partial charge < -0.3 is 4.98 Å². The number of imidazole rings is 1. The van der Waals surface area contributed by atoms with Crippen LogP contribution < -0.4 is 0 Å². The third-order valence-corrected chi connectivity index (χ3v) is 3.74. The molecule has 2 nitrogen and oxygen atoms in total. The molecule has 0 saturated carbocycles. The van der Waals surface area contributed by atoms with Crippen LogP contribution in [0, 0.1) is 0 Å². The van der Waals surface area contributed by atoms with Gasteiger partial charge in [0, 0.05) is 18.3 Å². The fourth-order valence-electron chi connectivity index (χ4n) is 2.74. The smallest absolute Gasteiger partial charge is 0.113 e. The summed E-state index contributed by atoms with van der Waals surface area (Å²) in [5.74, 6) is 1.36. The lowest BCUT2D eigenvalue weighted by Gasteiger charge is -2.15. The molecule has 1 aromatic carbocycles. The van der Waals surface area contributed by atoms with Crippen LogP contribution in [0.3, 0.4) is 0 Å². The lowest BCUT2D eigenvalue weighted by atomic mass is 9.91. The van der Waals surface area contributed by atoms with Gasteiger partial charge >= 0.3 is 0 Å². The Kier molecular flexibility index (Phi) is 3.01. The normalized spacial score (nSPS) is 16.6. The minimum absolute atomic E-state index is 0.317. The van der Waals surface area contributed by atoms with E-state index in [9.17, 15) is 0 Å². The van der Waals surface area contributed by atoms with Crippen LogP contribution in [0.1, 0.15) is 49.1 Å². The molecule has 1 aromatic heterocycles. The van der Waals surface area contributed by atoms with Gasteiger partial charge in [-0.2, -0.15) is 0 Å². The Morgan fingerprint density at radius 2 is 2.17 bits per heavy atom. The third kappa shape index (κ3) is 1.99. The summed E-state index contributed by atoms with van der Waals surface area (Å²) < 4.78 is 0. The van der Waals surface area contributed by atoms with E-state index in [-0.39, 0.29) is 0 Å². The van der Waals surface area contributed by atoms with E-state index in [1.807, 2.05) is 12.4 Å². The molecule has 3 rings (SSSR count). The highest BCUT2D eigenvalue weighted by Crippen LogP contribution is 2.34. The molecule has 0 saturated heterocycles. The highest BCUT2D eigenvalue weighted by atomic mass is 14.9. The Labute approximate surface area is 108 Å².